The minimum absolute atomic E-state index is 0.498. The van der Waals surface area contributed by atoms with Gasteiger partial charge in [-0.2, -0.15) is 0 Å². The Hall–Kier alpha value is -1.96. The van der Waals surface area contributed by atoms with E-state index >= 15 is 0 Å². The summed E-state index contributed by atoms with van der Waals surface area (Å²) in [7, 11) is 0. The van der Waals surface area contributed by atoms with Gasteiger partial charge in [0, 0.05) is 23.5 Å². The highest BCUT2D eigenvalue weighted by Gasteiger charge is 2.19. The van der Waals surface area contributed by atoms with Crippen LogP contribution < -0.4 is 11.1 Å². The molecule has 1 heterocycles. The molecule has 0 radical (unpaired) electrons. The van der Waals surface area contributed by atoms with Gasteiger partial charge in [-0.15, -0.1) is 0 Å². The molecule has 2 heteroatoms. The van der Waals surface area contributed by atoms with E-state index in [1.54, 1.807) is 0 Å². The number of hydrogen-bond donors (Lipinski definition) is 2. The molecule has 17 heavy (non-hydrogen) atoms. The zero-order chi connectivity index (χ0) is 11.8. The van der Waals surface area contributed by atoms with Gasteiger partial charge in [0.1, 0.15) is 0 Å². The van der Waals surface area contributed by atoms with Crippen molar-refractivity contribution in [2.24, 2.45) is 0 Å². The van der Waals surface area contributed by atoms with Crippen LogP contribution in [0.25, 0.3) is 11.1 Å². The predicted octanol–water partition coefficient (Wildman–Crippen LogP) is 3.46. The summed E-state index contributed by atoms with van der Waals surface area (Å²) < 4.78 is 0. The third-order valence-electron chi connectivity index (χ3n) is 3.46. The van der Waals surface area contributed by atoms with Crippen LogP contribution in [0.2, 0.25) is 0 Å². The summed E-state index contributed by atoms with van der Waals surface area (Å²) in [5.41, 5.74) is 11.9. The first kappa shape index (κ1) is 10.2. The quantitative estimate of drug-likeness (QED) is 0.672. The number of benzene rings is 2. The number of anilines is 2. The summed E-state index contributed by atoms with van der Waals surface area (Å²) in [4.78, 5) is 0. The number of hydrogen-bond acceptors (Lipinski definition) is 2. The van der Waals surface area contributed by atoms with Gasteiger partial charge in [0.2, 0.25) is 0 Å². The summed E-state index contributed by atoms with van der Waals surface area (Å²) in [6, 6.07) is 14.6. The van der Waals surface area contributed by atoms with Gasteiger partial charge in [0.25, 0.3) is 0 Å². The lowest BCUT2D eigenvalue weighted by atomic mass is 9.92. The van der Waals surface area contributed by atoms with E-state index in [-0.39, 0.29) is 0 Å². The summed E-state index contributed by atoms with van der Waals surface area (Å²) in [5, 5.41) is 3.48. The van der Waals surface area contributed by atoms with Gasteiger partial charge in [0.15, 0.2) is 0 Å². The SMILES string of the molecule is CC1CNc2cccc(N)c2-c2ccccc21. The van der Waals surface area contributed by atoms with Gasteiger partial charge >= 0.3 is 0 Å². The molecule has 1 atom stereocenters. The largest absolute Gasteiger partial charge is 0.398 e. The Kier molecular flexibility index (Phi) is 2.29. The van der Waals surface area contributed by atoms with Crippen LogP contribution in [0, 0.1) is 0 Å². The Morgan fingerprint density at radius 3 is 2.82 bits per heavy atom. The number of nitrogens with two attached hydrogens (primary N) is 1. The third-order valence-corrected chi connectivity index (χ3v) is 3.46. The Labute approximate surface area is 101 Å². The molecule has 86 valence electrons. The molecule has 1 aliphatic heterocycles. The van der Waals surface area contributed by atoms with Crippen molar-refractivity contribution in [2.45, 2.75) is 12.8 Å². The van der Waals surface area contributed by atoms with Crippen LogP contribution in [0.3, 0.4) is 0 Å². The van der Waals surface area contributed by atoms with Gasteiger partial charge < -0.3 is 11.1 Å². The normalized spacial score (nSPS) is 17.6. The second-order valence-electron chi connectivity index (χ2n) is 4.64. The van der Waals surface area contributed by atoms with Crippen LogP contribution in [0.4, 0.5) is 11.4 Å². The number of nitrogen functional groups attached to an aromatic ring is 1. The highest BCUT2D eigenvalue weighted by atomic mass is 14.9. The molecule has 3 N–H and O–H groups in total. The lowest BCUT2D eigenvalue weighted by Crippen LogP contribution is -2.07. The lowest BCUT2D eigenvalue weighted by Gasteiger charge is -2.12. The minimum atomic E-state index is 0.498. The van der Waals surface area contributed by atoms with Gasteiger partial charge in [-0.25, -0.2) is 0 Å². The van der Waals surface area contributed by atoms with E-state index in [4.69, 9.17) is 5.73 Å². The summed E-state index contributed by atoms with van der Waals surface area (Å²) in [5.74, 6) is 0.498. The maximum atomic E-state index is 6.13. The molecule has 0 aliphatic carbocycles. The smallest absolute Gasteiger partial charge is 0.0441 e. The summed E-state index contributed by atoms with van der Waals surface area (Å²) in [6.07, 6.45) is 0. The first-order chi connectivity index (χ1) is 8.27. The highest BCUT2D eigenvalue weighted by Crippen LogP contribution is 2.40. The molecule has 1 unspecified atom stereocenters. The van der Waals surface area contributed by atoms with Crippen LogP contribution in [-0.2, 0) is 0 Å². The Morgan fingerprint density at radius 2 is 1.94 bits per heavy atom. The van der Waals surface area contributed by atoms with Crippen molar-refractivity contribution in [2.75, 3.05) is 17.6 Å². The third kappa shape index (κ3) is 1.57. The average molecular weight is 224 g/mol. The Morgan fingerprint density at radius 1 is 1.12 bits per heavy atom. The van der Waals surface area contributed by atoms with E-state index < -0.39 is 0 Å². The van der Waals surface area contributed by atoms with Crippen molar-refractivity contribution in [1.29, 1.82) is 0 Å². The van der Waals surface area contributed by atoms with E-state index in [0.29, 0.717) is 5.92 Å². The second kappa shape index (κ2) is 3.81. The maximum Gasteiger partial charge on any atom is 0.0441 e. The lowest BCUT2D eigenvalue weighted by molar-refractivity contribution is 0.813. The topological polar surface area (TPSA) is 38.0 Å². The molecule has 0 saturated heterocycles. The molecular formula is C15H16N2. The highest BCUT2D eigenvalue weighted by molar-refractivity contribution is 5.90. The van der Waals surface area contributed by atoms with Crippen LogP contribution in [0.1, 0.15) is 18.4 Å². The van der Waals surface area contributed by atoms with Crippen molar-refractivity contribution < 1.29 is 0 Å². The zero-order valence-electron chi connectivity index (χ0n) is 9.90. The molecule has 2 aromatic rings. The molecule has 2 nitrogen and oxygen atoms in total. The fourth-order valence-corrected chi connectivity index (χ4v) is 2.55. The molecule has 2 aromatic carbocycles. The van der Waals surface area contributed by atoms with Crippen LogP contribution >= 0.6 is 0 Å². The van der Waals surface area contributed by atoms with E-state index in [9.17, 15) is 0 Å². The molecule has 1 aliphatic rings. The van der Waals surface area contributed by atoms with Crippen molar-refractivity contribution in [3.8, 4) is 11.1 Å². The average Bonchev–Trinajstić information content (AvgIpc) is 2.49. The number of nitrogens with one attached hydrogen (secondary N) is 1. The van der Waals surface area contributed by atoms with Crippen molar-refractivity contribution in [3.05, 3.63) is 48.0 Å². The van der Waals surface area contributed by atoms with E-state index in [2.05, 4.69) is 42.6 Å². The Bertz CT molecular complexity index is 561. The van der Waals surface area contributed by atoms with E-state index in [0.717, 1.165) is 23.5 Å². The number of rotatable bonds is 0. The van der Waals surface area contributed by atoms with Crippen molar-refractivity contribution >= 4 is 11.4 Å². The van der Waals surface area contributed by atoms with Gasteiger partial charge in [-0.3, -0.25) is 0 Å². The fourth-order valence-electron chi connectivity index (χ4n) is 2.55. The first-order valence-electron chi connectivity index (χ1n) is 5.99. The van der Waals surface area contributed by atoms with Gasteiger partial charge in [-0.05, 0) is 29.2 Å². The van der Waals surface area contributed by atoms with Crippen molar-refractivity contribution in [1.82, 2.24) is 0 Å². The summed E-state index contributed by atoms with van der Waals surface area (Å²) >= 11 is 0. The predicted molar refractivity (Wildman–Crippen MR) is 73.2 cm³/mol. The zero-order valence-corrected chi connectivity index (χ0v) is 9.90. The molecule has 0 bridgehead atoms. The molecule has 0 spiro atoms. The minimum Gasteiger partial charge on any atom is -0.398 e. The second-order valence-corrected chi connectivity index (χ2v) is 4.64. The monoisotopic (exact) mass is 224 g/mol. The van der Waals surface area contributed by atoms with Crippen LogP contribution in [0.5, 0.6) is 0 Å². The van der Waals surface area contributed by atoms with Gasteiger partial charge in [-0.1, -0.05) is 37.3 Å². The first-order valence-corrected chi connectivity index (χ1v) is 5.99. The molecule has 0 aromatic heterocycles. The number of fused-ring (bicyclic) bond motifs is 3. The maximum absolute atomic E-state index is 6.13. The molecule has 0 saturated carbocycles. The van der Waals surface area contributed by atoms with Gasteiger partial charge in [0.05, 0.1) is 0 Å². The van der Waals surface area contributed by atoms with E-state index in [1.165, 1.54) is 11.1 Å². The standard InChI is InChI=1S/C15H16N2/c1-10-9-17-14-8-4-7-13(16)15(14)12-6-3-2-5-11(10)12/h2-8,10,17H,9,16H2,1H3. The van der Waals surface area contributed by atoms with Crippen molar-refractivity contribution in [3.63, 3.8) is 0 Å². The summed E-state index contributed by atoms with van der Waals surface area (Å²) in [6.45, 7) is 3.20. The van der Waals surface area contributed by atoms with Crippen LogP contribution in [0.15, 0.2) is 42.5 Å². The molecule has 3 rings (SSSR count). The molecular weight excluding hydrogens is 208 g/mol. The fraction of sp³-hybridized carbons (Fsp3) is 0.200. The van der Waals surface area contributed by atoms with Crippen LogP contribution in [-0.4, -0.2) is 6.54 Å². The molecule has 0 fully saturated rings. The Balaban J connectivity index is 2.33. The molecule has 0 amide bonds. The van der Waals surface area contributed by atoms with E-state index in [1.807, 2.05) is 12.1 Å².